The summed E-state index contributed by atoms with van der Waals surface area (Å²) >= 11 is 2.89. The Bertz CT molecular complexity index is 1270. The van der Waals surface area contributed by atoms with Crippen LogP contribution in [0.1, 0.15) is 18.1 Å². The number of nitrogens with one attached hydrogen (secondary N) is 3. The van der Waals surface area contributed by atoms with Crippen molar-refractivity contribution in [1.82, 2.24) is 4.98 Å². The van der Waals surface area contributed by atoms with E-state index in [0.29, 0.717) is 5.69 Å². The van der Waals surface area contributed by atoms with E-state index < -0.39 is 0 Å². The Morgan fingerprint density at radius 2 is 1.52 bits per heavy atom. The van der Waals surface area contributed by atoms with Gasteiger partial charge in [-0.2, -0.15) is 0 Å². The molecule has 0 aliphatic heterocycles. The van der Waals surface area contributed by atoms with Crippen molar-refractivity contribution in [2.75, 3.05) is 21.7 Å². The summed E-state index contributed by atoms with van der Waals surface area (Å²) in [4.78, 5) is 29.2. The van der Waals surface area contributed by atoms with Gasteiger partial charge < -0.3 is 16.0 Å². The summed E-state index contributed by atoms with van der Waals surface area (Å²) in [6, 6.07) is 20.8. The maximum absolute atomic E-state index is 12.3. The Morgan fingerprint density at radius 1 is 0.879 bits per heavy atom. The molecule has 168 valence electrons. The minimum absolute atomic E-state index is 0.0749. The van der Waals surface area contributed by atoms with Crippen LogP contribution in [0.5, 0.6) is 0 Å². The highest BCUT2D eigenvalue weighted by Crippen LogP contribution is 2.31. The van der Waals surface area contributed by atoms with Gasteiger partial charge in [-0.15, -0.1) is 11.3 Å². The monoisotopic (exact) mass is 476 g/mol. The highest BCUT2D eigenvalue weighted by molar-refractivity contribution is 8.01. The van der Waals surface area contributed by atoms with Crippen molar-refractivity contribution < 1.29 is 9.59 Å². The Hall–Kier alpha value is -3.36. The lowest BCUT2D eigenvalue weighted by Crippen LogP contribution is -2.19. The molecule has 0 spiro atoms. The van der Waals surface area contributed by atoms with Crippen LogP contribution in [-0.2, 0) is 11.2 Å². The van der Waals surface area contributed by atoms with Gasteiger partial charge in [0, 0.05) is 17.1 Å². The second-order valence-electron chi connectivity index (χ2n) is 7.49. The average molecular weight is 477 g/mol. The first-order valence-corrected chi connectivity index (χ1v) is 12.4. The predicted molar refractivity (Wildman–Crippen MR) is 139 cm³/mol. The fourth-order valence-corrected chi connectivity index (χ4v) is 5.03. The number of benzene rings is 3. The van der Waals surface area contributed by atoms with E-state index >= 15 is 0 Å². The number of rotatable bonds is 7. The van der Waals surface area contributed by atoms with E-state index in [9.17, 15) is 9.59 Å². The van der Waals surface area contributed by atoms with Crippen LogP contribution >= 0.6 is 23.1 Å². The third-order valence-corrected chi connectivity index (χ3v) is 7.07. The fraction of sp³-hybridized carbons (Fsp3) is 0.160. The third-order valence-electron chi connectivity index (χ3n) is 4.91. The lowest BCUT2D eigenvalue weighted by atomic mass is 10.1. The number of thiazole rings is 1. The number of carbonyl (C=O) groups is 2. The number of anilines is 3. The van der Waals surface area contributed by atoms with Gasteiger partial charge >= 0.3 is 6.03 Å². The molecule has 33 heavy (non-hydrogen) atoms. The molecule has 3 aromatic carbocycles. The smallest absolute Gasteiger partial charge is 0.323 e. The van der Waals surface area contributed by atoms with Crippen molar-refractivity contribution in [2.45, 2.75) is 24.6 Å². The van der Waals surface area contributed by atoms with Gasteiger partial charge in [-0.05, 0) is 61.4 Å². The van der Waals surface area contributed by atoms with E-state index in [2.05, 4.69) is 27.9 Å². The second kappa shape index (κ2) is 10.5. The minimum Gasteiger partial charge on any atom is -0.325 e. The third kappa shape index (κ3) is 6.34. The first-order valence-electron chi connectivity index (χ1n) is 10.6. The molecule has 4 rings (SSSR count). The molecule has 0 saturated heterocycles. The summed E-state index contributed by atoms with van der Waals surface area (Å²) in [7, 11) is 0. The zero-order valence-corrected chi connectivity index (χ0v) is 20.0. The van der Waals surface area contributed by atoms with Crippen molar-refractivity contribution in [1.29, 1.82) is 0 Å². The molecule has 0 bridgehead atoms. The van der Waals surface area contributed by atoms with Gasteiger partial charge in [0.2, 0.25) is 5.91 Å². The van der Waals surface area contributed by atoms with E-state index in [1.807, 2.05) is 73.7 Å². The molecule has 8 heteroatoms. The number of hydrogen-bond acceptors (Lipinski definition) is 5. The molecule has 0 aliphatic carbocycles. The van der Waals surface area contributed by atoms with Gasteiger partial charge in [-0.1, -0.05) is 48.5 Å². The number of hydrogen-bond donors (Lipinski definition) is 3. The SMILES string of the molecule is CCc1ccc(NC(=O)Nc2ccc3nc(SCC(=O)Nc4ccc(C)cc4)sc3c2)cc1. The van der Waals surface area contributed by atoms with Gasteiger partial charge in [-0.25, -0.2) is 9.78 Å². The summed E-state index contributed by atoms with van der Waals surface area (Å²) in [6.45, 7) is 4.10. The number of carbonyl (C=O) groups excluding carboxylic acids is 2. The molecule has 1 heterocycles. The standard InChI is InChI=1S/C25H24N4O2S2/c1-3-17-6-10-19(11-7-17)27-24(31)28-20-12-13-21-22(14-20)33-25(29-21)32-15-23(30)26-18-8-4-16(2)5-9-18/h4-14H,3,15H2,1-2H3,(H,26,30)(H2,27,28,31). The maximum Gasteiger partial charge on any atom is 0.323 e. The van der Waals surface area contributed by atoms with Crippen molar-refractivity contribution in [3.8, 4) is 0 Å². The van der Waals surface area contributed by atoms with Crippen LogP contribution in [-0.4, -0.2) is 22.7 Å². The van der Waals surface area contributed by atoms with Crippen LogP contribution in [0.15, 0.2) is 71.1 Å². The van der Waals surface area contributed by atoms with Crippen molar-refractivity contribution in [3.05, 3.63) is 77.9 Å². The quantitative estimate of drug-likeness (QED) is 0.264. The second-order valence-corrected chi connectivity index (χ2v) is 9.75. The zero-order chi connectivity index (χ0) is 23.2. The highest BCUT2D eigenvalue weighted by Gasteiger charge is 2.10. The van der Waals surface area contributed by atoms with E-state index in [1.54, 1.807) is 0 Å². The molecule has 1 aromatic heterocycles. The van der Waals surface area contributed by atoms with E-state index in [0.717, 1.165) is 37.9 Å². The van der Waals surface area contributed by atoms with Crippen LogP contribution in [0.2, 0.25) is 0 Å². The van der Waals surface area contributed by atoms with Crippen molar-refractivity contribution >= 4 is 62.3 Å². The van der Waals surface area contributed by atoms with Crippen LogP contribution < -0.4 is 16.0 Å². The summed E-state index contributed by atoms with van der Waals surface area (Å²) in [5.74, 6) is 0.201. The number of aromatic nitrogens is 1. The molecule has 0 aliphatic rings. The zero-order valence-electron chi connectivity index (χ0n) is 18.3. The molecule has 6 nitrogen and oxygen atoms in total. The molecule has 0 saturated carbocycles. The minimum atomic E-state index is -0.300. The number of thioether (sulfide) groups is 1. The molecular formula is C25H24N4O2S2. The van der Waals surface area contributed by atoms with Crippen LogP contribution in [0.4, 0.5) is 21.9 Å². The van der Waals surface area contributed by atoms with Crippen molar-refractivity contribution in [2.24, 2.45) is 0 Å². The van der Waals surface area contributed by atoms with Gasteiger partial charge in [0.05, 0.1) is 16.0 Å². The molecular weight excluding hydrogens is 452 g/mol. The molecule has 0 fully saturated rings. The normalized spacial score (nSPS) is 10.7. The van der Waals surface area contributed by atoms with Crippen LogP contribution in [0.25, 0.3) is 10.2 Å². The first kappa shape index (κ1) is 22.8. The molecule has 3 N–H and O–H groups in total. The number of aryl methyl sites for hydroxylation is 2. The Kier molecular flexibility index (Phi) is 7.26. The number of amides is 3. The van der Waals surface area contributed by atoms with Crippen molar-refractivity contribution in [3.63, 3.8) is 0 Å². The van der Waals surface area contributed by atoms with Gasteiger partial charge in [0.1, 0.15) is 0 Å². The predicted octanol–water partition coefficient (Wildman–Crippen LogP) is 6.54. The van der Waals surface area contributed by atoms with E-state index in [4.69, 9.17) is 0 Å². The topological polar surface area (TPSA) is 83.1 Å². The highest BCUT2D eigenvalue weighted by atomic mass is 32.2. The van der Waals surface area contributed by atoms with E-state index in [1.165, 1.54) is 28.7 Å². The summed E-state index contributed by atoms with van der Waals surface area (Å²) < 4.78 is 1.75. The van der Waals surface area contributed by atoms with Crippen LogP contribution in [0, 0.1) is 6.92 Å². The largest absolute Gasteiger partial charge is 0.325 e. The van der Waals surface area contributed by atoms with Gasteiger partial charge in [0.15, 0.2) is 4.34 Å². The lowest BCUT2D eigenvalue weighted by molar-refractivity contribution is -0.113. The summed E-state index contributed by atoms with van der Waals surface area (Å²) in [6.07, 6.45) is 0.957. The molecule has 4 aromatic rings. The number of nitrogens with zero attached hydrogens (tertiary/aromatic N) is 1. The Labute approximate surface area is 200 Å². The Balaban J connectivity index is 1.33. The van der Waals surface area contributed by atoms with Gasteiger partial charge in [-0.3, -0.25) is 4.79 Å². The lowest BCUT2D eigenvalue weighted by Gasteiger charge is -2.08. The van der Waals surface area contributed by atoms with Crippen LogP contribution in [0.3, 0.4) is 0 Å². The number of urea groups is 1. The summed E-state index contributed by atoms with van der Waals surface area (Å²) in [5, 5.41) is 8.59. The van der Waals surface area contributed by atoms with Gasteiger partial charge in [0.25, 0.3) is 0 Å². The molecule has 3 amide bonds. The number of fused-ring (bicyclic) bond motifs is 1. The summed E-state index contributed by atoms with van der Waals surface area (Å²) in [5.41, 5.74) is 5.41. The molecule has 0 radical (unpaired) electrons. The first-order chi connectivity index (χ1) is 16.0. The average Bonchev–Trinajstić information content (AvgIpc) is 3.22. The Morgan fingerprint density at radius 3 is 2.24 bits per heavy atom. The van der Waals surface area contributed by atoms with E-state index in [-0.39, 0.29) is 17.7 Å². The maximum atomic E-state index is 12.3. The molecule has 0 unspecified atom stereocenters. The fourth-order valence-electron chi connectivity index (χ4n) is 3.12. The molecule has 0 atom stereocenters.